The van der Waals surface area contributed by atoms with Gasteiger partial charge in [-0.3, -0.25) is 4.90 Å². The molecule has 0 radical (unpaired) electrons. The second-order valence-electron chi connectivity index (χ2n) is 6.70. The van der Waals surface area contributed by atoms with Gasteiger partial charge < -0.3 is 5.32 Å². The summed E-state index contributed by atoms with van der Waals surface area (Å²) in [5.41, 5.74) is 2.83. The second-order valence-corrected chi connectivity index (χ2v) is 6.70. The van der Waals surface area contributed by atoms with Crippen LogP contribution in [0.15, 0.2) is 24.3 Å². The fourth-order valence-electron chi connectivity index (χ4n) is 3.78. The lowest BCUT2D eigenvalue weighted by Crippen LogP contribution is -2.51. The molecule has 1 aromatic carbocycles. The molecule has 1 aromatic rings. The Bertz CT molecular complexity index is 426. The zero-order chi connectivity index (χ0) is 15.4. The molecule has 0 aliphatic carbocycles. The summed E-state index contributed by atoms with van der Waals surface area (Å²) < 4.78 is 0. The Balaban J connectivity index is 2.15. The van der Waals surface area contributed by atoms with Gasteiger partial charge in [0, 0.05) is 18.1 Å². The minimum Gasteiger partial charge on any atom is -0.312 e. The van der Waals surface area contributed by atoms with Crippen molar-refractivity contribution in [3.63, 3.8) is 0 Å². The van der Waals surface area contributed by atoms with E-state index in [1.165, 1.54) is 30.5 Å². The zero-order valence-electron chi connectivity index (χ0n) is 14.4. The van der Waals surface area contributed by atoms with E-state index in [0.29, 0.717) is 18.1 Å². The van der Waals surface area contributed by atoms with Crippen molar-refractivity contribution in [2.45, 2.75) is 65.1 Å². The Morgan fingerprint density at radius 3 is 2.48 bits per heavy atom. The number of rotatable bonds is 5. The van der Waals surface area contributed by atoms with Crippen molar-refractivity contribution in [2.75, 3.05) is 13.6 Å². The van der Waals surface area contributed by atoms with Crippen LogP contribution in [-0.2, 0) is 6.42 Å². The highest BCUT2D eigenvalue weighted by molar-refractivity contribution is 5.26. The molecule has 0 aromatic heterocycles. The van der Waals surface area contributed by atoms with E-state index in [-0.39, 0.29) is 0 Å². The van der Waals surface area contributed by atoms with Gasteiger partial charge in [0.2, 0.25) is 0 Å². The standard InChI is InChI=1S/C19H32N2/c1-6-17-9-11-18(12-10-17)19(20-5)16(4)21-13-7-8-14(2)15(21)3/h9-12,14-16,19-20H,6-8,13H2,1-5H3. The molecule has 4 atom stereocenters. The van der Waals surface area contributed by atoms with Crippen molar-refractivity contribution in [1.29, 1.82) is 0 Å². The number of benzene rings is 1. The number of nitrogens with one attached hydrogen (secondary N) is 1. The van der Waals surface area contributed by atoms with Gasteiger partial charge in [0.05, 0.1) is 0 Å². The van der Waals surface area contributed by atoms with Gasteiger partial charge in [0.25, 0.3) is 0 Å². The first-order valence-corrected chi connectivity index (χ1v) is 8.60. The Morgan fingerprint density at radius 1 is 1.24 bits per heavy atom. The van der Waals surface area contributed by atoms with Crippen molar-refractivity contribution in [3.05, 3.63) is 35.4 Å². The van der Waals surface area contributed by atoms with Crippen LogP contribution in [0.1, 0.15) is 57.7 Å². The highest BCUT2D eigenvalue weighted by atomic mass is 15.2. The number of likely N-dealkylation sites (tertiary alicyclic amines) is 1. The van der Waals surface area contributed by atoms with E-state index in [1.807, 2.05) is 0 Å². The first kappa shape index (κ1) is 16.5. The van der Waals surface area contributed by atoms with Crippen LogP contribution in [-0.4, -0.2) is 30.6 Å². The molecule has 0 amide bonds. The summed E-state index contributed by atoms with van der Waals surface area (Å²) in [6.45, 7) is 10.6. The summed E-state index contributed by atoms with van der Waals surface area (Å²) in [6.07, 6.45) is 3.82. The van der Waals surface area contributed by atoms with Gasteiger partial charge in [-0.1, -0.05) is 38.1 Å². The van der Waals surface area contributed by atoms with Crippen LogP contribution < -0.4 is 5.32 Å². The minimum atomic E-state index is 0.406. The predicted octanol–water partition coefficient (Wildman–Crippen LogP) is 4.02. The van der Waals surface area contributed by atoms with E-state index in [1.54, 1.807) is 0 Å². The molecule has 0 saturated carbocycles. The molecule has 2 nitrogen and oxygen atoms in total. The van der Waals surface area contributed by atoms with E-state index >= 15 is 0 Å². The molecule has 2 rings (SSSR count). The molecular weight excluding hydrogens is 256 g/mol. The number of nitrogens with zero attached hydrogens (tertiary/aromatic N) is 1. The molecule has 0 spiro atoms. The van der Waals surface area contributed by atoms with Crippen LogP contribution in [0.5, 0.6) is 0 Å². The highest BCUT2D eigenvalue weighted by Gasteiger charge is 2.32. The fourth-order valence-corrected chi connectivity index (χ4v) is 3.78. The lowest BCUT2D eigenvalue weighted by atomic mass is 9.88. The van der Waals surface area contributed by atoms with Crippen LogP contribution >= 0.6 is 0 Å². The molecule has 1 aliphatic heterocycles. The molecule has 2 heteroatoms. The van der Waals surface area contributed by atoms with Gasteiger partial charge in [0.15, 0.2) is 0 Å². The van der Waals surface area contributed by atoms with Gasteiger partial charge in [-0.2, -0.15) is 0 Å². The van der Waals surface area contributed by atoms with Crippen LogP contribution in [0, 0.1) is 5.92 Å². The average Bonchev–Trinajstić information content (AvgIpc) is 2.51. The van der Waals surface area contributed by atoms with Gasteiger partial charge in [-0.15, -0.1) is 0 Å². The van der Waals surface area contributed by atoms with E-state index in [2.05, 4.69) is 69.2 Å². The van der Waals surface area contributed by atoms with Crippen molar-refractivity contribution in [3.8, 4) is 0 Å². The maximum Gasteiger partial charge on any atom is 0.0473 e. The van der Waals surface area contributed by atoms with Gasteiger partial charge in [-0.05, 0) is 63.7 Å². The summed E-state index contributed by atoms with van der Waals surface area (Å²) in [6, 6.07) is 10.8. The summed E-state index contributed by atoms with van der Waals surface area (Å²) in [4.78, 5) is 2.70. The molecule has 0 bridgehead atoms. The quantitative estimate of drug-likeness (QED) is 0.880. The number of aryl methyl sites for hydroxylation is 1. The number of hydrogen-bond acceptors (Lipinski definition) is 2. The molecule has 21 heavy (non-hydrogen) atoms. The van der Waals surface area contributed by atoms with E-state index in [9.17, 15) is 0 Å². The molecule has 1 N–H and O–H groups in total. The van der Waals surface area contributed by atoms with Crippen LogP contribution in [0.4, 0.5) is 0 Å². The van der Waals surface area contributed by atoms with Gasteiger partial charge in [-0.25, -0.2) is 0 Å². The van der Waals surface area contributed by atoms with Crippen LogP contribution in [0.3, 0.4) is 0 Å². The van der Waals surface area contributed by atoms with Crippen molar-refractivity contribution < 1.29 is 0 Å². The second kappa shape index (κ2) is 7.42. The molecule has 1 saturated heterocycles. The Hall–Kier alpha value is -0.860. The normalized spacial score (nSPS) is 26.5. The van der Waals surface area contributed by atoms with E-state index < -0.39 is 0 Å². The molecule has 1 fully saturated rings. The average molecular weight is 288 g/mol. The van der Waals surface area contributed by atoms with Gasteiger partial charge >= 0.3 is 0 Å². The first-order chi connectivity index (χ1) is 10.1. The number of hydrogen-bond donors (Lipinski definition) is 1. The summed E-state index contributed by atoms with van der Waals surface area (Å²) >= 11 is 0. The third kappa shape index (κ3) is 3.67. The van der Waals surface area contributed by atoms with Crippen molar-refractivity contribution in [2.24, 2.45) is 5.92 Å². The lowest BCUT2D eigenvalue weighted by Gasteiger charge is -2.44. The third-order valence-electron chi connectivity index (χ3n) is 5.49. The monoisotopic (exact) mass is 288 g/mol. The Morgan fingerprint density at radius 2 is 1.90 bits per heavy atom. The predicted molar refractivity (Wildman–Crippen MR) is 91.6 cm³/mol. The minimum absolute atomic E-state index is 0.406. The molecule has 4 unspecified atom stereocenters. The molecule has 118 valence electrons. The van der Waals surface area contributed by atoms with E-state index in [0.717, 1.165) is 12.3 Å². The Kier molecular flexibility index (Phi) is 5.83. The number of piperidine rings is 1. The maximum atomic E-state index is 3.55. The third-order valence-corrected chi connectivity index (χ3v) is 5.49. The number of likely N-dealkylation sites (N-methyl/N-ethyl adjacent to an activating group) is 1. The molecule has 1 heterocycles. The molecule has 1 aliphatic rings. The maximum absolute atomic E-state index is 3.55. The first-order valence-electron chi connectivity index (χ1n) is 8.60. The SMILES string of the molecule is CCc1ccc(C(NC)C(C)N2CCCC(C)C2C)cc1. The summed E-state index contributed by atoms with van der Waals surface area (Å²) in [7, 11) is 2.09. The fraction of sp³-hybridized carbons (Fsp3) is 0.684. The topological polar surface area (TPSA) is 15.3 Å². The van der Waals surface area contributed by atoms with Crippen molar-refractivity contribution >= 4 is 0 Å². The smallest absolute Gasteiger partial charge is 0.0473 e. The Labute approximate surface area is 130 Å². The highest BCUT2D eigenvalue weighted by Crippen LogP contribution is 2.29. The van der Waals surface area contributed by atoms with E-state index in [4.69, 9.17) is 0 Å². The summed E-state index contributed by atoms with van der Waals surface area (Å²) in [5, 5.41) is 3.55. The van der Waals surface area contributed by atoms with Gasteiger partial charge in [0.1, 0.15) is 0 Å². The summed E-state index contributed by atoms with van der Waals surface area (Å²) in [5.74, 6) is 0.807. The zero-order valence-corrected chi connectivity index (χ0v) is 14.4. The van der Waals surface area contributed by atoms with Crippen LogP contribution in [0.25, 0.3) is 0 Å². The van der Waals surface area contributed by atoms with Crippen molar-refractivity contribution in [1.82, 2.24) is 10.2 Å². The van der Waals surface area contributed by atoms with Crippen LogP contribution in [0.2, 0.25) is 0 Å². The largest absolute Gasteiger partial charge is 0.312 e. The molecular formula is C19H32N2. The lowest BCUT2D eigenvalue weighted by molar-refractivity contribution is 0.0588.